The molecule has 1 aliphatic heterocycles. The quantitative estimate of drug-likeness (QED) is 0.788. The van der Waals surface area contributed by atoms with Crippen molar-refractivity contribution in [2.75, 3.05) is 6.54 Å². The van der Waals surface area contributed by atoms with Gasteiger partial charge in [0.1, 0.15) is 0 Å². The summed E-state index contributed by atoms with van der Waals surface area (Å²) in [6.07, 6.45) is 10.2. The minimum absolute atomic E-state index is 0.456. The molecule has 1 saturated carbocycles. The summed E-state index contributed by atoms with van der Waals surface area (Å²) in [5, 5.41) is 3.82. The van der Waals surface area contributed by atoms with E-state index in [1.54, 1.807) is 0 Å². The van der Waals surface area contributed by atoms with Crippen molar-refractivity contribution in [3.63, 3.8) is 0 Å². The fourth-order valence-corrected chi connectivity index (χ4v) is 4.31. The average Bonchev–Trinajstić information content (AvgIpc) is 2.81. The number of rotatable bonds is 5. The molecule has 2 rings (SSSR count). The minimum Gasteiger partial charge on any atom is -0.375 e. The summed E-state index contributed by atoms with van der Waals surface area (Å²) in [6.45, 7) is 12.9. The Labute approximate surface area is 132 Å². The standard InChI is InChI=1S/C19H37NO/c1-6-11-20-18-10-8-16(19(3,4)5)12-15(18)13-17-9-7-14(2)21-17/h14-18,20H,6-13H2,1-5H3. The van der Waals surface area contributed by atoms with Crippen molar-refractivity contribution in [2.45, 2.75) is 97.8 Å². The van der Waals surface area contributed by atoms with E-state index in [2.05, 4.69) is 39.9 Å². The highest BCUT2D eigenvalue weighted by Gasteiger charge is 2.37. The first kappa shape index (κ1) is 17.3. The van der Waals surface area contributed by atoms with E-state index in [-0.39, 0.29) is 0 Å². The van der Waals surface area contributed by atoms with Crippen LogP contribution in [-0.4, -0.2) is 24.8 Å². The lowest BCUT2D eigenvalue weighted by Crippen LogP contribution is -2.44. The van der Waals surface area contributed by atoms with E-state index in [0.717, 1.165) is 17.9 Å². The van der Waals surface area contributed by atoms with Crippen LogP contribution in [0.5, 0.6) is 0 Å². The molecule has 0 aromatic rings. The molecule has 0 bridgehead atoms. The molecule has 124 valence electrons. The summed E-state index contributed by atoms with van der Waals surface area (Å²) in [5.41, 5.74) is 0.456. The number of ether oxygens (including phenoxy) is 1. The molecule has 21 heavy (non-hydrogen) atoms. The van der Waals surface area contributed by atoms with Crippen LogP contribution in [0.25, 0.3) is 0 Å². The Morgan fingerprint density at radius 3 is 2.43 bits per heavy atom. The van der Waals surface area contributed by atoms with Crippen molar-refractivity contribution in [2.24, 2.45) is 17.3 Å². The molecule has 0 amide bonds. The van der Waals surface area contributed by atoms with Crippen molar-refractivity contribution in [3.8, 4) is 0 Å². The zero-order valence-electron chi connectivity index (χ0n) is 15.0. The van der Waals surface area contributed by atoms with Gasteiger partial charge in [-0.1, -0.05) is 27.7 Å². The molecule has 0 aromatic carbocycles. The molecular formula is C19H37NO. The highest BCUT2D eigenvalue weighted by molar-refractivity contribution is 4.90. The van der Waals surface area contributed by atoms with E-state index < -0.39 is 0 Å². The zero-order valence-corrected chi connectivity index (χ0v) is 15.0. The van der Waals surface area contributed by atoms with E-state index in [9.17, 15) is 0 Å². The predicted octanol–water partition coefficient (Wildman–Crippen LogP) is 4.77. The van der Waals surface area contributed by atoms with Crippen molar-refractivity contribution in [1.29, 1.82) is 0 Å². The van der Waals surface area contributed by atoms with Crippen LogP contribution in [-0.2, 0) is 4.74 Å². The molecule has 0 radical (unpaired) electrons. The Hall–Kier alpha value is -0.0800. The number of hydrogen-bond acceptors (Lipinski definition) is 2. The van der Waals surface area contributed by atoms with Gasteiger partial charge in [-0.15, -0.1) is 0 Å². The van der Waals surface area contributed by atoms with Gasteiger partial charge >= 0.3 is 0 Å². The van der Waals surface area contributed by atoms with E-state index in [1.165, 1.54) is 51.5 Å². The number of nitrogens with one attached hydrogen (secondary N) is 1. The monoisotopic (exact) mass is 295 g/mol. The summed E-state index contributed by atoms with van der Waals surface area (Å²) in [5.74, 6) is 1.69. The fraction of sp³-hybridized carbons (Fsp3) is 1.00. The Morgan fingerprint density at radius 1 is 1.10 bits per heavy atom. The van der Waals surface area contributed by atoms with Crippen molar-refractivity contribution < 1.29 is 4.74 Å². The first-order valence-corrected chi connectivity index (χ1v) is 9.29. The molecule has 1 saturated heterocycles. The van der Waals surface area contributed by atoms with Crippen molar-refractivity contribution >= 4 is 0 Å². The molecule has 5 unspecified atom stereocenters. The van der Waals surface area contributed by atoms with Gasteiger partial charge < -0.3 is 10.1 Å². The van der Waals surface area contributed by atoms with Gasteiger partial charge in [0, 0.05) is 6.04 Å². The molecule has 2 heteroatoms. The predicted molar refractivity (Wildman–Crippen MR) is 90.6 cm³/mol. The lowest BCUT2D eigenvalue weighted by molar-refractivity contribution is 0.0200. The van der Waals surface area contributed by atoms with Gasteiger partial charge in [0.15, 0.2) is 0 Å². The van der Waals surface area contributed by atoms with Gasteiger partial charge in [0.2, 0.25) is 0 Å². The topological polar surface area (TPSA) is 21.3 Å². The third-order valence-corrected chi connectivity index (χ3v) is 5.75. The lowest BCUT2D eigenvalue weighted by atomic mass is 9.66. The maximum Gasteiger partial charge on any atom is 0.0583 e. The van der Waals surface area contributed by atoms with Crippen molar-refractivity contribution in [3.05, 3.63) is 0 Å². The average molecular weight is 296 g/mol. The second-order valence-corrected chi connectivity index (χ2v) is 8.58. The highest BCUT2D eigenvalue weighted by Crippen LogP contribution is 2.42. The Kier molecular flexibility index (Phi) is 6.14. The third kappa shape index (κ3) is 4.96. The van der Waals surface area contributed by atoms with Gasteiger partial charge in [-0.2, -0.15) is 0 Å². The van der Waals surface area contributed by atoms with Gasteiger partial charge in [-0.3, -0.25) is 0 Å². The summed E-state index contributed by atoms with van der Waals surface area (Å²) in [6, 6.07) is 0.725. The summed E-state index contributed by atoms with van der Waals surface area (Å²) in [4.78, 5) is 0. The summed E-state index contributed by atoms with van der Waals surface area (Å²) < 4.78 is 6.11. The van der Waals surface area contributed by atoms with Crippen LogP contribution in [0.2, 0.25) is 0 Å². The smallest absolute Gasteiger partial charge is 0.0583 e. The molecule has 2 aliphatic rings. The minimum atomic E-state index is 0.456. The molecule has 2 fully saturated rings. The maximum atomic E-state index is 6.11. The van der Waals surface area contributed by atoms with E-state index in [4.69, 9.17) is 4.74 Å². The van der Waals surface area contributed by atoms with E-state index in [0.29, 0.717) is 17.6 Å². The molecule has 1 N–H and O–H groups in total. The van der Waals surface area contributed by atoms with Crippen LogP contribution in [0, 0.1) is 17.3 Å². The van der Waals surface area contributed by atoms with Crippen LogP contribution in [0.1, 0.15) is 79.6 Å². The number of hydrogen-bond donors (Lipinski definition) is 1. The molecule has 0 aromatic heterocycles. The second-order valence-electron chi connectivity index (χ2n) is 8.58. The first-order valence-electron chi connectivity index (χ1n) is 9.29. The maximum absolute atomic E-state index is 6.11. The van der Waals surface area contributed by atoms with Gasteiger partial charge in [0.05, 0.1) is 12.2 Å². The van der Waals surface area contributed by atoms with Crippen LogP contribution >= 0.6 is 0 Å². The summed E-state index contributed by atoms with van der Waals surface area (Å²) >= 11 is 0. The van der Waals surface area contributed by atoms with Gasteiger partial charge in [-0.05, 0) is 75.7 Å². The third-order valence-electron chi connectivity index (χ3n) is 5.75. The largest absolute Gasteiger partial charge is 0.375 e. The summed E-state index contributed by atoms with van der Waals surface area (Å²) in [7, 11) is 0. The normalized spacial score (nSPS) is 37.9. The zero-order chi connectivity index (χ0) is 15.5. The molecular weight excluding hydrogens is 258 g/mol. The Morgan fingerprint density at radius 2 is 1.86 bits per heavy atom. The Balaban J connectivity index is 1.95. The van der Waals surface area contributed by atoms with Crippen LogP contribution in [0.4, 0.5) is 0 Å². The molecule has 2 nitrogen and oxygen atoms in total. The molecule has 1 heterocycles. The van der Waals surface area contributed by atoms with Crippen LogP contribution in [0.3, 0.4) is 0 Å². The Bertz CT molecular complexity index is 309. The van der Waals surface area contributed by atoms with Crippen LogP contribution in [0.15, 0.2) is 0 Å². The molecule has 1 aliphatic carbocycles. The SMILES string of the molecule is CCCNC1CCC(C(C)(C)C)CC1CC1CCC(C)O1. The first-order chi connectivity index (χ1) is 9.90. The molecule has 0 spiro atoms. The van der Waals surface area contributed by atoms with Gasteiger partial charge in [-0.25, -0.2) is 0 Å². The molecule has 5 atom stereocenters. The van der Waals surface area contributed by atoms with E-state index >= 15 is 0 Å². The van der Waals surface area contributed by atoms with E-state index in [1.807, 2.05) is 0 Å². The lowest BCUT2D eigenvalue weighted by Gasteiger charge is -2.43. The highest BCUT2D eigenvalue weighted by atomic mass is 16.5. The fourth-order valence-electron chi connectivity index (χ4n) is 4.31. The van der Waals surface area contributed by atoms with Gasteiger partial charge in [0.25, 0.3) is 0 Å². The van der Waals surface area contributed by atoms with Crippen LogP contribution < -0.4 is 5.32 Å². The second kappa shape index (κ2) is 7.46. The van der Waals surface area contributed by atoms with Crippen molar-refractivity contribution in [1.82, 2.24) is 5.32 Å².